The Morgan fingerprint density at radius 2 is 1.91 bits per heavy atom. The summed E-state index contributed by atoms with van der Waals surface area (Å²) in [7, 11) is 3.25. The summed E-state index contributed by atoms with van der Waals surface area (Å²) >= 11 is 2.00. The van der Waals surface area contributed by atoms with Crippen molar-refractivity contribution in [2.24, 2.45) is 14.1 Å². The molecule has 6 nitrogen and oxygen atoms in total. The Labute approximate surface area is 143 Å². The van der Waals surface area contributed by atoms with Gasteiger partial charge in [0.25, 0.3) is 11.1 Å². The van der Waals surface area contributed by atoms with Crippen molar-refractivity contribution < 1.29 is 4.39 Å². The molecule has 3 aromatic rings. The van der Waals surface area contributed by atoms with Gasteiger partial charge in [-0.25, -0.2) is 4.39 Å². The first-order valence-electron chi connectivity index (χ1n) is 6.66. The van der Waals surface area contributed by atoms with Gasteiger partial charge in [0.05, 0.1) is 11.4 Å². The normalized spacial score (nSPS) is 11.0. The van der Waals surface area contributed by atoms with Crippen molar-refractivity contribution in [1.82, 2.24) is 14.1 Å². The van der Waals surface area contributed by atoms with Crippen LogP contribution < -0.4 is 16.4 Å². The molecule has 0 aliphatic heterocycles. The molecule has 1 N–H and O–H groups in total. The van der Waals surface area contributed by atoms with E-state index >= 15 is 0 Å². The maximum atomic E-state index is 14.0. The van der Waals surface area contributed by atoms with Crippen molar-refractivity contribution in [3.63, 3.8) is 0 Å². The van der Waals surface area contributed by atoms with Crippen LogP contribution in [0.2, 0.25) is 0 Å². The lowest BCUT2D eigenvalue weighted by molar-refractivity contribution is 0.631. The van der Waals surface area contributed by atoms with E-state index in [9.17, 15) is 14.0 Å². The van der Waals surface area contributed by atoms with Crippen molar-refractivity contribution >= 4 is 45.0 Å². The summed E-state index contributed by atoms with van der Waals surface area (Å²) in [5, 5.41) is 3.07. The Morgan fingerprint density at radius 3 is 2.61 bits per heavy atom. The van der Waals surface area contributed by atoms with Gasteiger partial charge in [0.2, 0.25) is 0 Å². The van der Waals surface area contributed by atoms with Gasteiger partial charge in [-0.1, -0.05) is 0 Å². The minimum absolute atomic E-state index is 0.186. The highest BCUT2D eigenvalue weighted by molar-refractivity contribution is 14.1. The molecule has 0 saturated carbocycles. The number of nitrogens with one attached hydrogen (secondary N) is 1. The van der Waals surface area contributed by atoms with Gasteiger partial charge in [0.1, 0.15) is 23.2 Å². The Hall–Kier alpha value is -2.23. The molecule has 0 radical (unpaired) electrons. The fourth-order valence-corrected chi connectivity index (χ4v) is 2.85. The summed E-state index contributed by atoms with van der Waals surface area (Å²) in [5.74, 6) is -0.466. The predicted octanol–water partition coefficient (Wildman–Crippen LogP) is 2.12. The van der Waals surface area contributed by atoms with E-state index in [1.807, 2.05) is 22.6 Å². The molecule has 0 aliphatic carbocycles. The Morgan fingerprint density at radius 1 is 1.17 bits per heavy atom. The maximum absolute atomic E-state index is 14.0. The van der Waals surface area contributed by atoms with Crippen LogP contribution in [0.15, 0.2) is 40.2 Å². The number of anilines is 2. The topological polar surface area (TPSA) is 68.9 Å². The summed E-state index contributed by atoms with van der Waals surface area (Å²) in [4.78, 5) is 28.1. The lowest BCUT2D eigenvalue weighted by atomic mass is 10.2. The van der Waals surface area contributed by atoms with Crippen LogP contribution >= 0.6 is 22.6 Å². The van der Waals surface area contributed by atoms with E-state index in [4.69, 9.17) is 0 Å². The first-order valence-corrected chi connectivity index (χ1v) is 7.74. The van der Waals surface area contributed by atoms with Gasteiger partial charge in [-0.2, -0.15) is 4.98 Å². The van der Waals surface area contributed by atoms with Gasteiger partial charge >= 0.3 is 0 Å². The first kappa shape index (κ1) is 15.7. The summed E-state index contributed by atoms with van der Waals surface area (Å²) in [5.41, 5.74) is 0.0305. The molecule has 0 amide bonds. The van der Waals surface area contributed by atoms with E-state index in [1.165, 1.54) is 23.0 Å². The van der Waals surface area contributed by atoms with Crippen LogP contribution in [0.5, 0.6) is 0 Å². The summed E-state index contributed by atoms with van der Waals surface area (Å²) < 4.78 is 17.7. The smallest absolute Gasteiger partial charge is 0.284 e. The molecular formula is C15H12FIN4O2. The van der Waals surface area contributed by atoms with Gasteiger partial charge < -0.3 is 9.88 Å². The van der Waals surface area contributed by atoms with Crippen molar-refractivity contribution in [2.45, 2.75) is 0 Å². The molecule has 23 heavy (non-hydrogen) atoms. The van der Waals surface area contributed by atoms with Gasteiger partial charge in [-0.05, 0) is 40.8 Å². The van der Waals surface area contributed by atoms with Gasteiger partial charge in [-0.15, -0.1) is 0 Å². The van der Waals surface area contributed by atoms with Crippen LogP contribution in [0.3, 0.4) is 0 Å². The number of fused-ring (bicyclic) bond motifs is 1. The number of aromatic nitrogens is 3. The van der Waals surface area contributed by atoms with E-state index < -0.39 is 11.4 Å². The van der Waals surface area contributed by atoms with E-state index in [0.29, 0.717) is 5.65 Å². The number of pyridine rings is 1. The number of hydrogen-bond acceptors (Lipinski definition) is 4. The molecule has 0 unspecified atom stereocenters. The Kier molecular flexibility index (Phi) is 3.92. The maximum Gasteiger partial charge on any atom is 0.284 e. The van der Waals surface area contributed by atoms with E-state index in [0.717, 1.165) is 3.57 Å². The molecule has 3 rings (SSSR count). The average Bonchev–Trinajstić information content (AvgIpc) is 2.49. The molecule has 0 bridgehead atoms. The summed E-state index contributed by atoms with van der Waals surface area (Å²) in [6.45, 7) is 0. The third kappa shape index (κ3) is 2.74. The second-order valence-electron chi connectivity index (χ2n) is 5.06. The first-order chi connectivity index (χ1) is 10.9. The number of rotatable bonds is 2. The molecule has 8 heteroatoms. The highest BCUT2D eigenvalue weighted by Gasteiger charge is 2.14. The van der Waals surface area contributed by atoms with Crippen LogP contribution in [-0.2, 0) is 14.1 Å². The predicted molar refractivity (Wildman–Crippen MR) is 94.6 cm³/mol. The molecule has 1 aromatic carbocycles. The minimum atomic E-state index is -0.484. The Balaban J connectivity index is 2.30. The molecular weight excluding hydrogens is 414 g/mol. The van der Waals surface area contributed by atoms with E-state index in [2.05, 4.69) is 10.3 Å². The third-order valence-corrected chi connectivity index (χ3v) is 4.18. The lowest BCUT2D eigenvalue weighted by Gasteiger charge is -2.14. The molecule has 0 spiro atoms. The van der Waals surface area contributed by atoms with Crippen LogP contribution in [0.1, 0.15) is 0 Å². The second-order valence-corrected chi connectivity index (χ2v) is 6.31. The standard InChI is InChI=1S/C15H12FIN4O2/c1-20-7-18-14(23)13-11(6-12(22)21(2)15(13)20)19-10-4-3-8(17)5-9(10)16/h3-7,19H,1-2H3. The van der Waals surface area contributed by atoms with Crippen molar-refractivity contribution in [3.8, 4) is 0 Å². The van der Waals surface area contributed by atoms with Crippen molar-refractivity contribution in [3.05, 3.63) is 60.7 Å². The zero-order valence-electron chi connectivity index (χ0n) is 12.3. The number of halogens is 2. The van der Waals surface area contributed by atoms with Crippen LogP contribution in [-0.4, -0.2) is 14.1 Å². The highest BCUT2D eigenvalue weighted by Crippen LogP contribution is 2.24. The molecule has 0 atom stereocenters. The average molecular weight is 426 g/mol. The molecule has 0 aliphatic rings. The van der Waals surface area contributed by atoms with E-state index in [-0.39, 0.29) is 22.3 Å². The zero-order valence-corrected chi connectivity index (χ0v) is 14.5. The summed E-state index contributed by atoms with van der Waals surface area (Å²) in [6.07, 6.45) is 1.35. The molecule has 118 valence electrons. The highest BCUT2D eigenvalue weighted by atomic mass is 127. The van der Waals surface area contributed by atoms with Crippen molar-refractivity contribution in [1.29, 1.82) is 0 Å². The number of aryl methyl sites for hydroxylation is 2. The molecule has 0 saturated heterocycles. The zero-order chi connectivity index (χ0) is 16.7. The monoisotopic (exact) mass is 426 g/mol. The van der Waals surface area contributed by atoms with Gasteiger partial charge in [-0.3, -0.25) is 14.2 Å². The second kappa shape index (κ2) is 5.76. The Bertz CT molecular complexity index is 1040. The molecule has 0 fully saturated rings. The largest absolute Gasteiger partial charge is 0.352 e. The quantitative estimate of drug-likeness (QED) is 0.638. The fraction of sp³-hybridized carbons (Fsp3) is 0.133. The molecule has 2 heterocycles. The van der Waals surface area contributed by atoms with E-state index in [1.54, 1.807) is 30.8 Å². The van der Waals surface area contributed by atoms with Crippen molar-refractivity contribution in [2.75, 3.05) is 5.32 Å². The van der Waals surface area contributed by atoms with Crippen LogP contribution in [0, 0.1) is 9.39 Å². The summed E-state index contributed by atoms with van der Waals surface area (Å²) in [6, 6.07) is 5.91. The van der Waals surface area contributed by atoms with Gasteiger partial charge in [0, 0.05) is 23.7 Å². The lowest BCUT2D eigenvalue weighted by Crippen LogP contribution is -2.24. The SMILES string of the molecule is Cn1cnc(=O)c2c(Nc3ccc(I)cc3F)cc(=O)n(C)c21. The number of benzene rings is 1. The van der Waals surface area contributed by atoms with Crippen LogP contribution in [0.25, 0.3) is 11.0 Å². The third-order valence-electron chi connectivity index (χ3n) is 3.51. The molecule has 2 aromatic heterocycles. The number of nitrogens with zero attached hydrogens (tertiary/aromatic N) is 3. The fourth-order valence-electron chi connectivity index (χ4n) is 2.40. The number of hydrogen-bond donors (Lipinski definition) is 1. The van der Waals surface area contributed by atoms with Crippen LogP contribution in [0.4, 0.5) is 15.8 Å². The van der Waals surface area contributed by atoms with Gasteiger partial charge in [0.15, 0.2) is 0 Å². The minimum Gasteiger partial charge on any atom is -0.352 e.